The van der Waals surface area contributed by atoms with E-state index in [1.165, 1.54) is 0 Å². The van der Waals surface area contributed by atoms with E-state index in [0.29, 0.717) is 24.2 Å². The van der Waals surface area contributed by atoms with E-state index in [-0.39, 0.29) is 23.8 Å². The van der Waals surface area contributed by atoms with Crippen LogP contribution >= 0.6 is 0 Å². The third-order valence-electron chi connectivity index (χ3n) is 4.97. The molecule has 1 aromatic heterocycles. The fourth-order valence-corrected chi connectivity index (χ4v) is 3.69. The van der Waals surface area contributed by atoms with Gasteiger partial charge in [0.25, 0.3) is 5.56 Å². The van der Waals surface area contributed by atoms with Crippen LogP contribution in [0.25, 0.3) is 10.9 Å². The second-order valence-electron chi connectivity index (χ2n) is 6.46. The summed E-state index contributed by atoms with van der Waals surface area (Å²) in [5.74, 6) is 0. The van der Waals surface area contributed by atoms with Gasteiger partial charge in [0.1, 0.15) is 0 Å². The molecule has 122 valence electrons. The Morgan fingerprint density at radius 3 is 3.13 bits per heavy atom. The molecular weight excluding hydrogens is 294 g/mol. The zero-order valence-corrected chi connectivity index (χ0v) is 13.0. The molecule has 3 atom stereocenters. The van der Waals surface area contributed by atoms with Crippen LogP contribution in [0, 0.1) is 0 Å². The van der Waals surface area contributed by atoms with E-state index in [4.69, 9.17) is 4.74 Å². The van der Waals surface area contributed by atoms with E-state index >= 15 is 0 Å². The molecule has 0 aliphatic carbocycles. The van der Waals surface area contributed by atoms with Gasteiger partial charge in [-0.1, -0.05) is 12.1 Å². The highest BCUT2D eigenvalue weighted by Crippen LogP contribution is 2.26. The van der Waals surface area contributed by atoms with Crippen LogP contribution in [-0.2, 0) is 11.3 Å². The molecule has 2 fully saturated rings. The lowest BCUT2D eigenvalue weighted by atomic mass is 9.93. The summed E-state index contributed by atoms with van der Waals surface area (Å²) in [6.45, 7) is 1.99. The molecule has 0 amide bonds. The molecule has 2 aliphatic rings. The third-order valence-corrected chi connectivity index (χ3v) is 4.97. The maximum Gasteiger partial charge on any atom is 0.261 e. The minimum absolute atomic E-state index is 0.0363. The number of hydrogen-bond acceptors (Lipinski definition) is 5. The van der Waals surface area contributed by atoms with Crippen molar-refractivity contribution in [2.24, 2.45) is 0 Å². The van der Waals surface area contributed by atoms with Gasteiger partial charge in [-0.05, 0) is 31.4 Å². The summed E-state index contributed by atoms with van der Waals surface area (Å²) in [4.78, 5) is 19.1. The Hall–Kier alpha value is -1.76. The minimum atomic E-state index is -0.290. The highest BCUT2D eigenvalue weighted by molar-refractivity contribution is 5.76. The Balaban J connectivity index is 1.54. The predicted octanol–water partition coefficient (Wildman–Crippen LogP) is 0.968. The first-order chi connectivity index (χ1) is 11.2. The first kappa shape index (κ1) is 14.8. The van der Waals surface area contributed by atoms with Crippen LogP contribution in [0.5, 0.6) is 0 Å². The van der Waals surface area contributed by atoms with Gasteiger partial charge < -0.3 is 9.84 Å². The monoisotopic (exact) mass is 315 g/mol. The van der Waals surface area contributed by atoms with Crippen molar-refractivity contribution in [1.82, 2.24) is 14.5 Å². The predicted molar refractivity (Wildman–Crippen MR) is 86.1 cm³/mol. The van der Waals surface area contributed by atoms with Gasteiger partial charge in [-0.3, -0.25) is 14.3 Å². The lowest BCUT2D eigenvalue weighted by Gasteiger charge is -2.44. The van der Waals surface area contributed by atoms with E-state index in [9.17, 15) is 9.90 Å². The molecule has 0 spiro atoms. The summed E-state index contributed by atoms with van der Waals surface area (Å²) in [6, 6.07) is 7.52. The number of ether oxygens (including phenoxy) is 1. The van der Waals surface area contributed by atoms with Crippen molar-refractivity contribution in [3.8, 4) is 0 Å². The molecule has 0 unspecified atom stereocenters. The quantitative estimate of drug-likeness (QED) is 0.894. The highest BCUT2D eigenvalue weighted by atomic mass is 16.5. The molecule has 2 aliphatic heterocycles. The molecule has 0 saturated carbocycles. The van der Waals surface area contributed by atoms with Crippen molar-refractivity contribution >= 4 is 10.9 Å². The summed E-state index contributed by atoms with van der Waals surface area (Å²) >= 11 is 0. The molecule has 0 bridgehead atoms. The maximum atomic E-state index is 12.6. The molecule has 4 rings (SSSR count). The van der Waals surface area contributed by atoms with E-state index in [0.717, 1.165) is 25.8 Å². The van der Waals surface area contributed by atoms with Crippen molar-refractivity contribution < 1.29 is 9.84 Å². The topological polar surface area (TPSA) is 67.6 Å². The largest absolute Gasteiger partial charge is 0.391 e. The highest BCUT2D eigenvalue weighted by Gasteiger charge is 2.36. The smallest absolute Gasteiger partial charge is 0.261 e. The van der Waals surface area contributed by atoms with Crippen molar-refractivity contribution in [3.63, 3.8) is 0 Å². The number of aliphatic hydroxyl groups is 1. The second kappa shape index (κ2) is 6.03. The first-order valence-electron chi connectivity index (χ1n) is 8.20. The van der Waals surface area contributed by atoms with Crippen molar-refractivity contribution in [2.75, 3.05) is 13.3 Å². The molecule has 23 heavy (non-hydrogen) atoms. The zero-order chi connectivity index (χ0) is 15.8. The van der Waals surface area contributed by atoms with Crippen LogP contribution in [0.3, 0.4) is 0 Å². The van der Waals surface area contributed by atoms with Gasteiger partial charge in [-0.15, -0.1) is 0 Å². The lowest BCUT2D eigenvalue weighted by molar-refractivity contribution is -0.141. The van der Waals surface area contributed by atoms with Crippen LogP contribution in [0.2, 0.25) is 0 Å². The summed E-state index contributed by atoms with van der Waals surface area (Å²) in [6.07, 6.45) is 3.86. The lowest BCUT2D eigenvalue weighted by Crippen LogP contribution is -2.55. The van der Waals surface area contributed by atoms with Crippen LogP contribution < -0.4 is 5.56 Å². The van der Waals surface area contributed by atoms with E-state index in [1.807, 2.05) is 18.2 Å². The molecule has 1 N–H and O–H groups in total. The average molecular weight is 315 g/mol. The number of para-hydroxylation sites is 1. The summed E-state index contributed by atoms with van der Waals surface area (Å²) in [7, 11) is 0. The fourth-order valence-electron chi connectivity index (χ4n) is 3.69. The zero-order valence-electron chi connectivity index (χ0n) is 13.0. The third kappa shape index (κ3) is 2.78. The van der Waals surface area contributed by atoms with Gasteiger partial charge >= 0.3 is 0 Å². The van der Waals surface area contributed by atoms with E-state index in [1.54, 1.807) is 17.0 Å². The molecular formula is C17H21N3O3. The molecule has 2 saturated heterocycles. The minimum Gasteiger partial charge on any atom is -0.391 e. The van der Waals surface area contributed by atoms with Gasteiger partial charge in [0.05, 0.1) is 42.7 Å². The molecule has 3 heterocycles. The summed E-state index contributed by atoms with van der Waals surface area (Å²) < 4.78 is 7.52. The van der Waals surface area contributed by atoms with E-state index < -0.39 is 0 Å². The first-order valence-corrected chi connectivity index (χ1v) is 8.20. The Kier molecular flexibility index (Phi) is 3.88. The SMILES string of the molecule is O=c1c2ccccc2ncn1C[C@@H]1C[C@@H]2[C@H](O)CCCN2CO1. The van der Waals surface area contributed by atoms with Gasteiger partial charge in [-0.2, -0.15) is 0 Å². The Labute approximate surface area is 134 Å². The number of aliphatic hydroxyl groups excluding tert-OH is 1. The maximum absolute atomic E-state index is 12.6. The molecule has 0 radical (unpaired) electrons. The Morgan fingerprint density at radius 2 is 2.22 bits per heavy atom. The average Bonchev–Trinajstić information content (AvgIpc) is 2.58. The van der Waals surface area contributed by atoms with Gasteiger partial charge in [0, 0.05) is 12.6 Å². The number of rotatable bonds is 2. The number of benzene rings is 1. The molecule has 2 aromatic rings. The number of aromatic nitrogens is 2. The number of nitrogens with zero attached hydrogens (tertiary/aromatic N) is 3. The van der Waals surface area contributed by atoms with Gasteiger partial charge in [0.2, 0.25) is 0 Å². The van der Waals surface area contributed by atoms with Gasteiger partial charge in [-0.25, -0.2) is 4.98 Å². The number of fused-ring (bicyclic) bond motifs is 2. The van der Waals surface area contributed by atoms with Crippen molar-refractivity contribution in [2.45, 2.75) is 44.1 Å². The van der Waals surface area contributed by atoms with Crippen LogP contribution in [-0.4, -0.2) is 51.1 Å². The van der Waals surface area contributed by atoms with E-state index in [2.05, 4.69) is 9.88 Å². The molecule has 1 aromatic carbocycles. The van der Waals surface area contributed by atoms with Crippen LogP contribution in [0.15, 0.2) is 35.4 Å². The summed E-state index contributed by atoms with van der Waals surface area (Å²) in [5.41, 5.74) is 0.679. The molecule has 6 heteroatoms. The van der Waals surface area contributed by atoms with Crippen molar-refractivity contribution in [3.05, 3.63) is 40.9 Å². The Morgan fingerprint density at radius 1 is 1.35 bits per heavy atom. The van der Waals surface area contributed by atoms with Crippen LogP contribution in [0.4, 0.5) is 0 Å². The second-order valence-corrected chi connectivity index (χ2v) is 6.46. The van der Waals surface area contributed by atoms with Gasteiger partial charge in [0.15, 0.2) is 0 Å². The standard InChI is InChI=1S/C17H21N3O3/c21-16-6-3-7-19-11-23-12(8-15(16)19)9-20-10-18-14-5-2-1-4-13(14)17(20)22/h1-2,4-5,10,12,15-16,21H,3,6-9,11H2/t12-,15+,16+/m0/s1. The Bertz CT molecular complexity index is 760. The fraction of sp³-hybridized carbons (Fsp3) is 0.529. The number of hydrogen-bond donors (Lipinski definition) is 1. The molecule has 6 nitrogen and oxygen atoms in total. The summed E-state index contributed by atoms with van der Waals surface area (Å²) in [5, 5.41) is 10.8. The number of piperidine rings is 1. The van der Waals surface area contributed by atoms with Crippen molar-refractivity contribution in [1.29, 1.82) is 0 Å². The normalized spacial score (nSPS) is 28.7. The van der Waals surface area contributed by atoms with Crippen LogP contribution in [0.1, 0.15) is 19.3 Å².